The van der Waals surface area contributed by atoms with E-state index in [1.807, 2.05) is 25.1 Å². The average Bonchev–Trinajstić information content (AvgIpc) is 2.97. The summed E-state index contributed by atoms with van der Waals surface area (Å²) in [5.41, 5.74) is 2.06. The summed E-state index contributed by atoms with van der Waals surface area (Å²) in [5.74, 6) is 1.59. The summed E-state index contributed by atoms with van der Waals surface area (Å²) in [6.45, 7) is 4.60. The third-order valence-electron chi connectivity index (χ3n) is 2.79. The van der Waals surface area contributed by atoms with Gasteiger partial charge in [0.05, 0.1) is 12.7 Å². The van der Waals surface area contributed by atoms with Gasteiger partial charge in [-0.15, -0.1) is 0 Å². The van der Waals surface area contributed by atoms with Crippen LogP contribution in [0.1, 0.15) is 37.0 Å². The Kier molecular flexibility index (Phi) is 2.96. The maximum absolute atomic E-state index is 9.60. The number of rotatable bonds is 4. The fourth-order valence-corrected chi connectivity index (χ4v) is 1.60. The number of benzene rings is 1. The van der Waals surface area contributed by atoms with Gasteiger partial charge in [-0.25, -0.2) is 0 Å². The molecular formula is C13H18O2. The highest BCUT2D eigenvalue weighted by Gasteiger charge is 2.22. The summed E-state index contributed by atoms with van der Waals surface area (Å²) in [7, 11) is 0. The molecule has 0 saturated heterocycles. The second-order valence-corrected chi connectivity index (χ2v) is 4.47. The summed E-state index contributed by atoms with van der Waals surface area (Å²) in [6.07, 6.45) is 2.12. The van der Waals surface area contributed by atoms with E-state index >= 15 is 0 Å². The molecule has 1 aliphatic carbocycles. The fourth-order valence-electron chi connectivity index (χ4n) is 1.60. The van der Waals surface area contributed by atoms with Gasteiger partial charge in [-0.2, -0.15) is 0 Å². The number of aryl methyl sites for hydroxylation is 1. The normalized spacial score (nSPS) is 17.5. The average molecular weight is 206 g/mol. The van der Waals surface area contributed by atoms with Crippen LogP contribution in [0.3, 0.4) is 0 Å². The molecule has 1 saturated carbocycles. The monoisotopic (exact) mass is 206 g/mol. The Morgan fingerprint density at radius 2 is 2.20 bits per heavy atom. The Bertz CT molecular complexity index is 340. The first kappa shape index (κ1) is 10.5. The van der Waals surface area contributed by atoms with Crippen molar-refractivity contribution in [2.75, 3.05) is 6.61 Å². The van der Waals surface area contributed by atoms with Crippen molar-refractivity contribution in [3.05, 3.63) is 29.3 Å². The molecule has 1 fully saturated rings. The molecule has 2 nitrogen and oxygen atoms in total. The fraction of sp³-hybridized carbons (Fsp3) is 0.538. The number of hydrogen-bond acceptors (Lipinski definition) is 2. The lowest BCUT2D eigenvalue weighted by Crippen LogP contribution is -2.03. The smallest absolute Gasteiger partial charge is 0.125 e. The summed E-state index contributed by atoms with van der Waals surface area (Å²) >= 11 is 0. The second kappa shape index (κ2) is 4.23. The van der Waals surface area contributed by atoms with E-state index < -0.39 is 6.10 Å². The van der Waals surface area contributed by atoms with Crippen LogP contribution >= 0.6 is 0 Å². The first-order valence-corrected chi connectivity index (χ1v) is 5.58. The largest absolute Gasteiger partial charge is 0.493 e. The second-order valence-electron chi connectivity index (χ2n) is 4.47. The highest BCUT2D eigenvalue weighted by Crippen LogP contribution is 2.32. The topological polar surface area (TPSA) is 29.5 Å². The first-order chi connectivity index (χ1) is 7.16. The minimum absolute atomic E-state index is 0.459. The molecule has 1 N–H and O–H groups in total. The SMILES string of the molecule is Cc1ccc(C(C)O)c(OCC2CC2)c1. The van der Waals surface area contributed by atoms with Crippen molar-refractivity contribution in [3.63, 3.8) is 0 Å². The molecule has 0 aromatic heterocycles. The predicted molar refractivity (Wildman–Crippen MR) is 60.0 cm³/mol. The van der Waals surface area contributed by atoms with E-state index in [-0.39, 0.29) is 0 Å². The Morgan fingerprint density at radius 1 is 1.47 bits per heavy atom. The van der Waals surface area contributed by atoms with Crippen LogP contribution < -0.4 is 4.74 Å². The van der Waals surface area contributed by atoms with Crippen molar-refractivity contribution < 1.29 is 9.84 Å². The summed E-state index contributed by atoms with van der Waals surface area (Å²) < 4.78 is 5.74. The Labute approximate surface area is 90.9 Å². The molecule has 1 atom stereocenters. The molecule has 2 heteroatoms. The van der Waals surface area contributed by atoms with Gasteiger partial charge in [-0.3, -0.25) is 0 Å². The van der Waals surface area contributed by atoms with Crippen molar-refractivity contribution in [1.82, 2.24) is 0 Å². The minimum Gasteiger partial charge on any atom is -0.493 e. The van der Waals surface area contributed by atoms with Crippen LogP contribution in [0, 0.1) is 12.8 Å². The maximum Gasteiger partial charge on any atom is 0.125 e. The molecule has 0 spiro atoms. The molecule has 0 bridgehead atoms. The third kappa shape index (κ3) is 2.72. The zero-order valence-electron chi connectivity index (χ0n) is 9.36. The van der Waals surface area contributed by atoms with Crippen molar-refractivity contribution in [3.8, 4) is 5.75 Å². The van der Waals surface area contributed by atoms with Crippen molar-refractivity contribution in [2.24, 2.45) is 5.92 Å². The van der Waals surface area contributed by atoms with E-state index in [0.717, 1.165) is 23.8 Å². The lowest BCUT2D eigenvalue weighted by Gasteiger charge is -2.13. The van der Waals surface area contributed by atoms with Crippen LogP contribution in [-0.2, 0) is 0 Å². The van der Waals surface area contributed by atoms with Gasteiger partial charge in [0.15, 0.2) is 0 Å². The molecule has 1 aromatic carbocycles. The van der Waals surface area contributed by atoms with Gasteiger partial charge in [0.1, 0.15) is 5.75 Å². The number of hydrogen-bond donors (Lipinski definition) is 1. The van der Waals surface area contributed by atoms with Crippen LogP contribution in [0.25, 0.3) is 0 Å². The predicted octanol–water partition coefficient (Wildman–Crippen LogP) is 2.84. The van der Waals surface area contributed by atoms with Gasteiger partial charge in [-0.05, 0) is 44.2 Å². The molecule has 0 aliphatic heterocycles. The molecule has 1 aromatic rings. The van der Waals surface area contributed by atoms with Crippen LogP contribution in [0.2, 0.25) is 0 Å². The van der Waals surface area contributed by atoms with Gasteiger partial charge in [-0.1, -0.05) is 12.1 Å². The highest BCUT2D eigenvalue weighted by atomic mass is 16.5. The van der Waals surface area contributed by atoms with Crippen molar-refractivity contribution >= 4 is 0 Å². The lowest BCUT2D eigenvalue weighted by molar-refractivity contribution is 0.190. The van der Waals surface area contributed by atoms with Crippen LogP contribution in [0.5, 0.6) is 5.75 Å². The summed E-state index contributed by atoms with van der Waals surface area (Å²) in [4.78, 5) is 0. The molecule has 2 rings (SSSR count). The van der Waals surface area contributed by atoms with E-state index in [1.54, 1.807) is 6.92 Å². The van der Waals surface area contributed by atoms with Crippen LogP contribution in [0.4, 0.5) is 0 Å². The molecule has 0 radical (unpaired) electrons. The standard InChI is InChI=1S/C13H18O2/c1-9-3-6-12(10(2)14)13(7-9)15-8-11-4-5-11/h3,6-7,10-11,14H,4-5,8H2,1-2H3. The van der Waals surface area contributed by atoms with E-state index in [9.17, 15) is 5.11 Å². The number of aliphatic hydroxyl groups excluding tert-OH is 1. The zero-order valence-corrected chi connectivity index (χ0v) is 9.36. The molecule has 82 valence electrons. The quantitative estimate of drug-likeness (QED) is 0.820. The van der Waals surface area contributed by atoms with Crippen LogP contribution in [-0.4, -0.2) is 11.7 Å². The van der Waals surface area contributed by atoms with Gasteiger partial charge < -0.3 is 9.84 Å². The van der Waals surface area contributed by atoms with E-state index in [1.165, 1.54) is 18.4 Å². The Hall–Kier alpha value is -1.02. The highest BCUT2D eigenvalue weighted by molar-refractivity contribution is 5.38. The van der Waals surface area contributed by atoms with Gasteiger partial charge >= 0.3 is 0 Å². The number of aliphatic hydroxyl groups is 1. The van der Waals surface area contributed by atoms with E-state index in [0.29, 0.717) is 0 Å². The Balaban J connectivity index is 2.13. The minimum atomic E-state index is -0.459. The van der Waals surface area contributed by atoms with Gasteiger partial charge in [0.2, 0.25) is 0 Å². The molecule has 0 heterocycles. The van der Waals surface area contributed by atoms with E-state index in [4.69, 9.17) is 4.74 Å². The van der Waals surface area contributed by atoms with Gasteiger partial charge in [0.25, 0.3) is 0 Å². The Morgan fingerprint density at radius 3 is 2.80 bits per heavy atom. The molecule has 1 unspecified atom stereocenters. The lowest BCUT2D eigenvalue weighted by atomic mass is 10.1. The van der Waals surface area contributed by atoms with Crippen LogP contribution in [0.15, 0.2) is 18.2 Å². The van der Waals surface area contributed by atoms with Crippen molar-refractivity contribution in [1.29, 1.82) is 0 Å². The molecule has 15 heavy (non-hydrogen) atoms. The van der Waals surface area contributed by atoms with E-state index in [2.05, 4.69) is 0 Å². The summed E-state index contributed by atoms with van der Waals surface area (Å²) in [5, 5.41) is 9.60. The molecule has 1 aliphatic rings. The van der Waals surface area contributed by atoms with Crippen molar-refractivity contribution in [2.45, 2.75) is 32.8 Å². The number of ether oxygens (including phenoxy) is 1. The zero-order chi connectivity index (χ0) is 10.8. The summed E-state index contributed by atoms with van der Waals surface area (Å²) in [6, 6.07) is 5.96. The third-order valence-corrected chi connectivity index (χ3v) is 2.79. The molecule has 0 amide bonds. The maximum atomic E-state index is 9.60. The van der Waals surface area contributed by atoms with Gasteiger partial charge in [0, 0.05) is 5.56 Å². The first-order valence-electron chi connectivity index (χ1n) is 5.58. The molecular weight excluding hydrogens is 188 g/mol.